The van der Waals surface area contributed by atoms with Gasteiger partial charge in [0, 0.05) is 37.8 Å². The van der Waals surface area contributed by atoms with Crippen LogP contribution in [0.5, 0.6) is 0 Å². The van der Waals surface area contributed by atoms with Crippen LogP contribution >= 0.6 is 0 Å². The van der Waals surface area contributed by atoms with Crippen LogP contribution in [0.25, 0.3) is 0 Å². The zero-order valence-corrected chi connectivity index (χ0v) is 17.2. The van der Waals surface area contributed by atoms with Gasteiger partial charge in [-0.25, -0.2) is 4.98 Å². The van der Waals surface area contributed by atoms with Crippen LogP contribution in [-0.4, -0.2) is 63.1 Å². The number of likely N-dealkylation sites (tertiary alicyclic amines) is 1. The zero-order chi connectivity index (χ0) is 21.0. The topological polar surface area (TPSA) is 133 Å². The van der Waals surface area contributed by atoms with Gasteiger partial charge in [-0.05, 0) is 38.0 Å². The minimum atomic E-state index is -0.588. The van der Waals surface area contributed by atoms with Crippen LogP contribution < -0.4 is 16.4 Å². The highest BCUT2D eigenvalue weighted by Crippen LogP contribution is 2.25. The van der Waals surface area contributed by atoms with E-state index in [9.17, 15) is 14.7 Å². The Bertz CT molecular complexity index is 733. The number of primary amides is 1. The quantitative estimate of drug-likeness (QED) is 0.539. The molecule has 9 heteroatoms. The maximum Gasteiger partial charge on any atom is 0.254 e. The number of anilines is 2. The molecule has 2 amide bonds. The molecule has 1 aromatic rings. The number of carbonyl (C=O) groups excluding carboxylic acids is 2. The highest BCUT2D eigenvalue weighted by Gasteiger charge is 2.26. The van der Waals surface area contributed by atoms with Crippen LogP contribution in [0.15, 0.2) is 6.20 Å². The molecule has 0 aromatic carbocycles. The Balaban J connectivity index is 1.60. The molecular weight excluding hydrogens is 372 g/mol. The van der Waals surface area contributed by atoms with Crippen LogP contribution in [0, 0.1) is 5.92 Å². The predicted molar refractivity (Wildman–Crippen MR) is 110 cm³/mol. The fourth-order valence-electron chi connectivity index (χ4n) is 3.96. The Hall–Kier alpha value is -2.42. The average molecular weight is 405 g/mol. The summed E-state index contributed by atoms with van der Waals surface area (Å²) in [5.41, 5.74) is 5.70. The van der Waals surface area contributed by atoms with E-state index in [2.05, 4.69) is 34.4 Å². The van der Waals surface area contributed by atoms with Crippen LogP contribution in [0.2, 0.25) is 0 Å². The number of hydrogen-bond acceptors (Lipinski definition) is 7. The molecule has 5 N–H and O–H groups in total. The van der Waals surface area contributed by atoms with E-state index in [-0.39, 0.29) is 29.7 Å². The summed E-state index contributed by atoms with van der Waals surface area (Å²) in [6, 6.07) is 0.222. The molecule has 2 unspecified atom stereocenters. The molecule has 29 heavy (non-hydrogen) atoms. The van der Waals surface area contributed by atoms with E-state index in [1.807, 2.05) is 4.90 Å². The second-order valence-electron chi connectivity index (χ2n) is 8.53. The number of amides is 2. The van der Waals surface area contributed by atoms with Gasteiger partial charge >= 0.3 is 0 Å². The van der Waals surface area contributed by atoms with Crippen molar-refractivity contribution in [1.82, 2.24) is 14.9 Å². The molecule has 1 saturated carbocycles. The Morgan fingerprint density at radius 3 is 2.52 bits per heavy atom. The van der Waals surface area contributed by atoms with Gasteiger partial charge in [0.15, 0.2) is 0 Å². The fraction of sp³-hybridized carbons (Fsp3) is 0.700. The lowest BCUT2D eigenvalue weighted by atomic mass is 10.0. The molecule has 0 radical (unpaired) electrons. The number of aromatic nitrogens is 2. The van der Waals surface area contributed by atoms with Crippen molar-refractivity contribution in [2.75, 3.05) is 23.7 Å². The largest absolute Gasteiger partial charge is 0.393 e. The summed E-state index contributed by atoms with van der Waals surface area (Å²) in [4.78, 5) is 34.6. The molecular formula is C20H32N6O3. The van der Waals surface area contributed by atoms with Crippen molar-refractivity contribution >= 4 is 23.6 Å². The molecule has 0 spiro atoms. The standard InChI is InChI=1S/C20H32N6O3/c1-12(2)9-17(28)26-7-5-13(6-8-26)24-20-22-11-16(18(21)29)19(25-20)23-14-3-4-15(27)10-14/h11-15,27H,3-10H2,1-2H3,(H2,21,29)(H2,22,23,24,25). The Kier molecular flexibility index (Phi) is 6.89. The third-order valence-corrected chi connectivity index (χ3v) is 5.56. The molecule has 160 valence electrons. The van der Waals surface area contributed by atoms with Gasteiger partial charge in [0.25, 0.3) is 5.91 Å². The molecule has 2 atom stereocenters. The number of aliphatic hydroxyl groups excluding tert-OH is 1. The van der Waals surface area contributed by atoms with Crippen molar-refractivity contribution in [3.63, 3.8) is 0 Å². The van der Waals surface area contributed by atoms with Crippen LogP contribution in [0.3, 0.4) is 0 Å². The third kappa shape index (κ3) is 5.79. The van der Waals surface area contributed by atoms with Crippen molar-refractivity contribution in [2.45, 2.75) is 70.6 Å². The summed E-state index contributed by atoms with van der Waals surface area (Å²) in [6.07, 6.45) is 5.50. The van der Waals surface area contributed by atoms with Gasteiger partial charge in [-0.1, -0.05) is 13.8 Å². The molecule has 1 aromatic heterocycles. The first-order valence-corrected chi connectivity index (χ1v) is 10.5. The summed E-state index contributed by atoms with van der Waals surface area (Å²) in [5, 5.41) is 16.3. The lowest BCUT2D eigenvalue weighted by Gasteiger charge is -2.33. The highest BCUT2D eigenvalue weighted by atomic mass is 16.3. The average Bonchev–Trinajstić information content (AvgIpc) is 3.06. The molecule has 2 aliphatic rings. The molecule has 2 fully saturated rings. The molecule has 3 rings (SSSR count). The number of rotatable bonds is 7. The summed E-state index contributed by atoms with van der Waals surface area (Å²) in [7, 11) is 0. The maximum absolute atomic E-state index is 12.2. The van der Waals surface area contributed by atoms with Crippen LogP contribution in [-0.2, 0) is 4.79 Å². The molecule has 0 bridgehead atoms. The SMILES string of the molecule is CC(C)CC(=O)N1CCC(Nc2ncc(C(N)=O)c(NC3CCC(O)C3)n2)CC1. The minimum absolute atomic E-state index is 0.0565. The van der Waals surface area contributed by atoms with E-state index in [1.165, 1.54) is 6.20 Å². The molecule has 1 aliphatic heterocycles. The lowest BCUT2D eigenvalue weighted by Crippen LogP contribution is -2.42. The van der Waals surface area contributed by atoms with Crippen LogP contribution in [0.1, 0.15) is 62.7 Å². The first-order chi connectivity index (χ1) is 13.8. The monoisotopic (exact) mass is 404 g/mol. The Morgan fingerprint density at radius 2 is 1.93 bits per heavy atom. The first kappa shape index (κ1) is 21.3. The number of piperidine rings is 1. The summed E-state index contributed by atoms with van der Waals surface area (Å²) < 4.78 is 0. The van der Waals surface area contributed by atoms with E-state index in [4.69, 9.17) is 5.73 Å². The number of nitrogens with zero attached hydrogens (tertiary/aromatic N) is 3. The first-order valence-electron chi connectivity index (χ1n) is 10.5. The zero-order valence-electron chi connectivity index (χ0n) is 17.2. The van der Waals surface area contributed by atoms with Gasteiger partial charge in [-0.2, -0.15) is 4.98 Å². The number of nitrogens with one attached hydrogen (secondary N) is 2. The highest BCUT2D eigenvalue weighted by molar-refractivity contribution is 5.97. The van der Waals surface area contributed by atoms with Gasteiger partial charge in [0.05, 0.1) is 11.7 Å². The normalized spacial score (nSPS) is 22.7. The Labute approximate surface area is 171 Å². The molecule has 1 saturated heterocycles. The maximum atomic E-state index is 12.2. The number of hydrogen-bond donors (Lipinski definition) is 4. The number of aliphatic hydroxyl groups is 1. The van der Waals surface area contributed by atoms with Crippen molar-refractivity contribution < 1.29 is 14.7 Å². The van der Waals surface area contributed by atoms with E-state index in [0.29, 0.717) is 43.6 Å². The fourth-order valence-corrected chi connectivity index (χ4v) is 3.96. The van der Waals surface area contributed by atoms with Gasteiger partial charge in [-0.15, -0.1) is 0 Å². The van der Waals surface area contributed by atoms with E-state index in [1.54, 1.807) is 0 Å². The van der Waals surface area contributed by atoms with Gasteiger partial charge in [-0.3, -0.25) is 9.59 Å². The van der Waals surface area contributed by atoms with E-state index < -0.39 is 5.91 Å². The second kappa shape index (κ2) is 9.39. The predicted octanol–water partition coefficient (Wildman–Crippen LogP) is 1.35. The van der Waals surface area contributed by atoms with Crippen molar-refractivity contribution in [3.8, 4) is 0 Å². The number of carbonyl (C=O) groups is 2. The van der Waals surface area contributed by atoms with Crippen molar-refractivity contribution in [2.24, 2.45) is 11.7 Å². The Morgan fingerprint density at radius 1 is 1.21 bits per heavy atom. The van der Waals surface area contributed by atoms with Gasteiger partial charge in [0.2, 0.25) is 11.9 Å². The van der Waals surface area contributed by atoms with Crippen molar-refractivity contribution in [1.29, 1.82) is 0 Å². The second-order valence-corrected chi connectivity index (χ2v) is 8.53. The lowest BCUT2D eigenvalue weighted by molar-refractivity contribution is -0.132. The van der Waals surface area contributed by atoms with E-state index in [0.717, 1.165) is 25.7 Å². The van der Waals surface area contributed by atoms with Gasteiger partial charge < -0.3 is 26.4 Å². The molecule has 9 nitrogen and oxygen atoms in total. The summed E-state index contributed by atoms with van der Waals surface area (Å²) in [6.45, 7) is 5.54. The molecule has 1 aliphatic carbocycles. The molecule has 2 heterocycles. The third-order valence-electron chi connectivity index (χ3n) is 5.56. The smallest absolute Gasteiger partial charge is 0.254 e. The van der Waals surface area contributed by atoms with Crippen LogP contribution in [0.4, 0.5) is 11.8 Å². The van der Waals surface area contributed by atoms with Crippen molar-refractivity contribution in [3.05, 3.63) is 11.8 Å². The summed E-state index contributed by atoms with van der Waals surface area (Å²) >= 11 is 0. The minimum Gasteiger partial charge on any atom is -0.393 e. The van der Waals surface area contributed by atoms with Gasteiger partial charge in [0.1, 0.15) is 5.82 Å². The summed E-state index contributed by atoms with van der Waals surface area (Å²) in [5.74, 6) is 0.824. The number of nitrogens with two attached hydrogens (primary N) is 1. The van der Waals surface area contributed by atoms with E-state index >= 15 is 0 Å².